The number of carbonyl (C=O) groups excluding carboxylic acids is 3. The Labute approximate surface area is 239 Å². The van der Waals surface area contributed by atoms with E-state index in [1.807, 2.05) is 19.1 Å². The fraction of sp³-hybridized carbons (Fsp3) is 0.346. The molecule has 1 unspecified atom stereocenters. The molecular formula is C26H31ClN3NaO5. The Morgan fingerprint density at radius 2 is 1.89 bits per heavy atom. The molecule has 1 aromatic heterocycles. The van der Waals surface area contributed by atoms with Gasteiger partial charge in [-0.05, 0) is 43.2 Å². The van der Waals surface area contributed by atoms with E-state index in [4.69, 9.17) is 21.2 Å². The molecule has 1 heterocycles. The van der Waals surface area contributed by atoms with Crippen LogP contribution in [-0.4, -0.2) is 41.7 Å². The monoisotopic (exact) mass is 523 g/mol. The molecular weight excluding hydrogens is 493 g/mol. The molecule has 0 bridgehead atoms. The van der Waals surface area contributed by atoms with Crippen LogP contribution in [0, 0.1) is 6.92 Å². The second-order valence-corrected chi connectivity index (χ2v) is 8.72. The van der Waals surface area contributed by atoms with Crippen LogP contribution in [0.5, 0.6) is 5.75 Å². The number of para-hydroxylation sites is 1. The molecule has 1 N–H and O–H groups in total. The van der Waals surface area contributed by atoms with Crippen molar-refractivity contribution in [2.75, 3.05) is 14.2 Å². The molecule has 0 saturated carbocycles. The Morgan fingerprint density at radius 3 is 2.53 bits per heavy atom. The van der Waals surface area contributed by atoms with E-state index in [2.05, 4.69) is 12.2 Å². The Balaban J connectivity index is 0.00000342. The van der Waals surface area contributed by atoms with Gasteiger partial charge in [0, 0.05) is 29.9 Å². The summed E-state index contributed by atoms with van der Waals surface area (Å²) < 4.78 is 6.70. The first kappa shape index (κ1) is 29.7. The van der Waals surface area contributed by atoms with Crippen molar-refractivity contribution in [3.8, 4) is 5.75 Å². The number of methoxy groups -OCH3 is 1. The molecule has 0 radical (unpaired) electrons. The standard InChI is InChI=1S/C26H30ClN3O5.Na.H/c1-6-7-11-21(19-15-20(27)16(2)13-24(19)34-5)28-26(33)29(4)25(32)23-14-18-10-8-9-12-22(18)30(23)35-17(3)31;;/h8-10,12-15,21H,6-7,11H2,1-5H3,(H,28,33);;/q;+1;-1. The maximum absolute atomic E-state index is 13.3. The molecule has 3 rings (SSSR count). The quantitative estimate of drug-likeness (QED) is 0.458. The largest absolute Gasteiger partial charge is 1.00 e. The summed E-state index contributed by atoms with van der Waals surface area (Å²) in [5, 5.41) is 4.21. The average molecular weight is 524 g/mol. The number of benzene rings is 2. The van der Waals surface area contributed by atoms with E-state index in [1.54, 1.807) is 37.4 Å². The Morgan fingerprint density at radius 1 is 1.19 bits per heavy atom. The fourth-order valence-corrected chi connectivity index (χ4v) is 4.02. The maximum Gasteiger partial charge on any atom is 1.00 e. The molecule has 3 amide bonds. The van der Waals surface area contributed by atoms with Gasteiger partial charge in [-0.1, -0.05) is 49.6 Å². The number of carbonyl (C=O) groups is 3. The third kappa shape index (κ3) is 6.62. The smallest absolute Gasteiger partial charge is 1.00 e. The Hall–Kier alpha value is -2.52. The van der Waals surface area contributed by atoms with Crippen molar-refractivity contribution < 1.29 is 54.9 Å². The van der Waals surface area contributed by atoms with Crippen molar-refractivity contribution >= 4 is 40.4 Å². The predicted octanol–water partition coefficient (Wildman–Crippen LogP) is 2.42. The van der Waals surface area contributed by atoms with Gasteiger partial charge in [-0.2, -0.15) is 4.73 Å². The Kier molecular flexibility index (Phi) is 10.8. The number of aryl methyl sites for hydroxylation is 1. The van der Waals surface area contributed by atoms with Crippen LogP contribution in [0.1, 0.15) is 62.2 Å². The summed E-state index contributed by atoms with van der Waals surface area (Å²) in [5.41, 5.74) is 2.19. The molecule has 0 aliphatic rings. The molecule has 10 heteroatoms. The number of nitrogens with one attached hydrogen (secondary N) is 1. The number of aromatic nitrogens is 1. The maximum atomic E-state index is 13.3. The van der Waals surface area contributed by atoms with E-state index in [1.165, 1.54) is 14.0 Å². The summed E-state index contributed by atoms with van der Waals surface area (Å²) in [6, 6.07) is 11.3. The van der Waals surface area contributed by atoms with Crippen molar-refractivity contribution in [3.05, 3.63) is 64.3 Å². The number of nitrogens with zero attached hydrogens (tertiary/aromatic N) is 2. The molecule has 3 aromatic rings. The number of rotatable bonds is 8. The normalized spacial score (nSPS) is 11.4. The van der Waals surface area contributed by atoms with Crippen molar-refractivity contribution in [1.82, 2.24) is 14.9 Å². The van der Waals surface area contributed by atoms with E-state index in [9.17, 15) is 14.4 Å². The minimum Gasteiger partial charge on any atom is -1.00 e. The summed E-state index contributed by atoms with van der Waals surface area (Å²) >= 11 is 6.37. The third-order valence-electron chi connectivity index (χ3n) is 5.75. The fourth-order valence-electron chi connectivity index (χ4n) is 3.85. The number of fused-ring (bicyclic) bond motifs is 1. The van der Waals surface area contributed by atoms with Crippen molar-refractivity contribution in [3.63, 3.8) is 0 Å². The molecule has 0 spiro atoms. The number of hydrogen-bond donors (Lipinski definition) is 1. The number of imide groups is 1. The van der Waals surface area contributed by atoms with Gasteiger partial charge in [0.15, 0.2) is 0 Å². The van der Waals surface area contributed by atoms with Crippen LogP contribution in [0.2, 0.25) is 5.02 Å². The van der Waals surface area contributed by atoms with Crippen LogP contribution in [0.3, 0.4) is 0 Å². The zero-order valence-electron chi connectivity index (χ0n) is 22.6. The number of ether oxygens (including phenoxy) is 1. The van der Waals surface area contributed by atoms with E-state index in [-0.39, 0.29) is 36.7 Å². The number of halogens is 1. The first-order chi connectivity index (χ1) is 16.7. The summed E-state index contributed by atoms with van der Waals surface area (Å²) in [5.74, 6) is -0.601. The van der Waals surface area contributed by atoms with Crippen LogP contribution in [-0.2, 0) is 4.79 Å². The zero-order chi connectivity index (χ0) is 25.7. The molecule has 0 saturated heterocycles. The molecule has 188 valence electrons. The second-order valence-electron chi connectivity index (χ2n) is 8.32. The number of amides is 3. The molecule has 0 fully saturated rings. The number of unbranched alkanes of at least 4 members (excludes halogenated alkanes) is 1. The first-order valence-electron chi connectivity index (χ1n) is 11.4. The Bertz CT molecular complexity index is 1270. The number of hydrogen-bond acceptors (Lipinski definition) is 5. The second kappa shape index (κ2) is 13.1. The molecule has 2 aromatic carbocycles. The van der Waals surface area contributed by atoms with E-state index >= 15 is 0 Å². The van der Waals surface area contributed by atoms with Crippen molar-refractivity contribution in [2.45, 2.75) is 46.1 Å². The minimum absolute atomic E-state index is 0. The SMILES string of the molecule is CCCCC(NC(=O)N(C)C(=O)c1cc2ccccc2n1OC(C)=O)c1cc(Cl)c(C)cc1OC.[H-].[Na+]. The predicted molar refractivity (Wildman–Crippen MR) is 136 cm³/mol. The van der Waals surface area contributed by atoms with Crippen LogP contribution in [0.4, 0.5) is 4.79 Å². The number of urea groups is 1. The summed E-state index contributed by atoms with van der Waals surface area (Å²) in [6.07, 6.45) is 2.40. The zero-order valence-corrected chi connectivity index (χ0v) is 24.3. The summed E-state index contributed by atoms with van der Waals surface area (Å²) in [4.78, 5) is 44.4. The van der Waals surface area contributed by atoms with Crippen LogP contribution in [0.15, 0.2) is 42.5 Å². The van der Waals surface area contributed by atoms with Crippen molar-refractivity contribution in [2.24, 2.45) is 0 Å². The molecule has 0 aliphatic carbocycles. The van der Waals surface area contributed by atoms with Gasteiger partial charge in [-0.25, -0.2) is 9.59 Å². The van der Waals surface area contributed by atoms with Gasteiger partial charge in [0.1, 0.15) is 11.4 Å². The summed E-state index contributed by atoms with van der Waals surface area (Å²) in [6.45, 7) is 5.18. The average Bonchev–Trinajstić information content (AvgIpc) is 3.19. The third-order valence-corrected chi connectivity index (χ3v) is 6.15. The van der Waals surface area contributed by atoms with Crippen LogP contribution in [0.25, 0.3) is 10.9 Å². The van der Waals surface area contributed by atoms with Crippen molar-refractivity contribution in [1.29, 1.82) is 0 Å². The van der Waals surface area contributed by atoms with Gasteiger partial charge in [0.2, 0.25) is 0 Å². The molecule has 0 aliphatic heterocycles. The van der Waals surface area contributed by atoms with Gasteiger partial charge >= 0.3 is 41.6 Å². The molecule has 8 nitrogen and oxygen atoms in total. The van der Waals surface area contributed by atoms with Gasteiger partial charge < -0.3 is 16.3 Å². The van der Waals surface area contributed by atoms with E-state index < -0.39 is 23.9 Å². The topological polar surface area (TPSA) is 89.9 Å². The van der Waals surface area contributed by atoms with E-state index in [0.717, 1.165) is 33.6 Å². The minimum atomic E-state index is -0.622. The van der Waals surface area contributed by atoms with Gasteiger partial charge in [-0.15, -0.1) is 0 Å². The summed E-state index contributed by atoms with van der Waals surface area (Å²) in [7, 11) is 2.94. The first-order valence-corrected chi connectivity index (χ1v) is 11.8. The van der Waals surface area contributed by atoms with Crippen LogP contribution >= 0.6 is 11.6 Å². The van der Waals surface area contributed by atoms with Gasteiger partial charge in [-0.3, -0.25) is 9.69 Å². The van der Waals surface area contributed by atoms with E-state index in [0.29, 0.717) is 28.1 Å². The van der Waals surface area contributed by atoms with Crippen LogP contribution < -0.4 is 44.4 Å². The molecule has 1 atom stereocenters. The van der Waals surface area contributed by atoms with Gasteiger partial charge in [0.25, 0.3) is 5.91 Å². The molecule has 36 heavy (non-hydrogen) atoms. The van der Waals surface area contributed by atoms with Gasteiger partial charge in [0.05, 0.1) is 18.7 Å².